The maximum atomic E-state index is 5.25. The number of nitrogens with zero attached hydrogens (tertiary/aromatic N) is 2. The predicted octanol–water partition coefficient (Wildman–Crippen LogP) is 3.62. The lowest BCUT2D eigenvalue weighted by Crippen LogP contribution is -2.19. The van der Waals surface area contributed by atoms with E-state index in [-0.39, 0.29) is 6.04 Å². The lowest BCUT2D eigenvalue weighted by atomic mass is 10.3. The van der Waals surface area contributed by atoms with Crippen LogP contribution in [0.4, 0.5) is 0 Å². The molecule has 17 heavy (non-hydrogen) atoms. The summed E-state index contributed by atoms with van der Waals surface area (Å²) in [5.74, 6) is 1.29. The number of hydrogen-bond acceptors (Lipinski definition) is 5. The smallest absolute Gasteiger partial charge is 0.243 e. The zero-order chi connectivity index (χ0) is 12.3. The fourth-order valence-electron chi connectivity index (χ4n) is 1.39. The molecule has 0 saturated heterocycles. The molecule has 0 radical (unpaired) electrons. The van der Waals surface area contributed by atoms with Crippen LogP contribution in [0, 0.1) is 0 Å². The van der Waals surface area contributed by atoms with Crippen LogP contribution < -0.4 is 5.32 Å². The van der Waals surface area contributed by atoms with Crippen LogP contribution in [0.25, 0.3) is 10.7 Å². The van der Waals surface area contributed by atoms with E-state index >= 15 is 0 Å². The summed E-state index contributed by atoms with van der Waals surface area (Å²) in [5, 5.41) is 9.31. The molecule has 1 N–H and O–H groups in total. The highest BCUT2D eigenvalue weighted by Gasteiger charge is 2.15. The lowest BCUT2D eigenvalue weighted by molar-refractivity contribution is 0.340. The lowest BCUT2D eigenvalue weighted by Gasteiger charge is -2.06. The highest BCUT2D eigenvalue weighted by Crippen LogP contribution is 2.28. The van der Waals surface area contributed by atoms with Crippen molar-refractivity contribution in [3.8, 4) is 10.7 Å². The van der Waals surface area contributed by atoms with Gasteiger partial charge in [0, 0.05) is 9.85 Å². The van der Waals surface area contributed by atoms with Crippen LogP contribution >= 0.6 is 27.3 Å². The van der Waals surface area contributed by atoms with Gasteiger partial charge in [0.2, 0.25) is 11.7 Å². The van der Waals surface area contributed by atoms with Crippen LogP contribution in [-0.2, 0) is 0 Å². The van der Waals surface area contributed by atoms with Gasteiger partial charge in [-0.1, -0.05) is 12.1 Å². The second-order valence-corrected chi connectivity index (χ2v) is 5.59. The molecule has 4 nitrogen and oxygen atoms in total. The number of nitrogens with one attached hydrogen (secondary N) is 1. The average molecular weight is 316 g/mol. The van der Waals surface area contributed by atoms with Gasteiger partial charge in [0.15, 0.2) is 0 Å². The monoisotopic (exact) mass is 315 g/mol. The Kier molecular flexibility index (Phi) is 4.31. The first-order valence-electron chi connectivity index (χ1n) is 5.52. The summed E-state index contributed by atoms with van der Waals surface area (Å²) in [7, 11) is 0. The normalized spacial score (nSPS) is 12.9. The Bertz CT molecular complexity index is 483. The molecule has 2 rings (SSSR count). The Balaban J connectivity index is 2.10. The Morgan fingerprint density at radius 3 is 3.06 bits per heavy atom. The van der Waals surface area contributed by atoms with E-state index in [1.54, 1.807) is 11.3 Å². The summed E-state index contributed by atoms with van der Waals surface area (Å²) in [6.45, 7) is 5.10. The average Bonchev–Trinajstić information content (AvgIpc) is 2.93. The van der Waals surface area contributed by atoms with E-state index in [9.17, 15) is 0 Å². The minimum atomic E-state index is 0.0969. The van der Waals surface area contributed by atoms with E-state index in [2.05, 4.69) is 38.3 Å². The minimum absolute atomic E-state index is 0.0969. The van der Waals surface area contributed by atoms with Crippen molar-refractivity contribution in [2.24, 2.45) is 0 Å². The third-order valence-corrected chi connectivity index (χ3v) is 3.99. The molecule has 6 heteroatoms. The van der Waals surface area contributed by atoms with Crippen LogP contribution in [-0.4, -0.2) is 16.7 Å². The van der Waals surface area contributed by atoms with Crippen molar-refractivity contribution in [2.75, 3.05) is 6.54 Å². The first-order valence-corrected chi connectivity index (χ1v) is 7.19. The number of aromatic nitrogens is 2. The Morgan fingerprint density at radius 1 is 1.59 bits per heavy atom. The molecule has 2 aromatic rings. The van der Waals surface area contributed by atoms with Crippen molar-refractivity contribution in [3.63, 3.8) is 0 Å². The quantitative estimate of drug-likeness (QED) is 0.915. The Labute approximate surface area is 113 Å². The van der Waals surface area contributed by atoms with Gasteiger partial charge in [0.1, 0.15) is 0 Å². The third kappa shape index (κ3) is 3.14. The number of rotatable bonds is 5. The molecule has 0 aromatic carbocycles. The molecular formula is C11H14BrN3OS. The van der Waals surface area contributed by atoms with Crippen molar-refractivity contribution < 1.29 is 4.52 Å². The van der Waals surface area contributed by atoms with E-state index < -0.39 is 0 Å². The van der Waals surface area contributed by atoms with Crippen molar-refractivity contribution in [1.29, 1.82) is 0 Å². The van der Waals surface area contributed by atoms with E-state index in [1.165, 1.54) is 0 Å². The molecule has 0 fully saturated rings. The van der Waals surface area contributed by atoms with Gasteiger partial charge in [0.25, 0.3) is 0 Å². The Morgan fingerprint density at radius 2 is 2.41 bits per heavy atom. The predicted molar refractivity (Wildman–Crippen MR) is 72.0 cm³/mol. The van der Waals surface area contributed by atoms with Gasteiger partial charge < -0.3 is 9.84 Å². The summed E-state index contributed by atoms with van der Waals surface area (Å²) in [6, 6.07) is 2.09. The van der Waals surface area contributed by atoms with Gasteiger partial charge in [-0.25, -0.2) is 0 Å². The zero-order valence-electron chi connectivity index (χ0n) is 9.74. The summed E-state index contributed by atoms with van der Waals surface area (Å²) in [5.41, 5.74) is 0. The largest absolute Gasteiger partial charge is 0.337 e. The van der Waals surface area contributed by atoms with Crippen LogP contribution in [0.15, 0.2) is 20.4 Å². The number of thiophene rings is 1. The molecule has 1 atom stereocenters. The minimum Gasteiger partial charge on any atom is -0.337 e. The molecular weight excluding hydrogens is 302 g/mol. The summed E-state index contributed by atoms with van der Waals surface area (Å²) < 4.78 is 6.30. The second-order valence-electron chi connectivity index (χ2n) is 3.76. The van der Waals surface area contributed by atoms with Gasteiger partial charge >= 0.3 is 0 Å². The summed E-state index contributed by atoms with van der Waals surface area (Å²) in [4.78, 5) is 5.40. The molecule has 0 bridgehead atoms. The number of halogens is 1. The number of hydrogen-bond donors (Lipinski definition) is 1. The van der Waals surface area contributed by atoms with Crippen LogP contribution in [0.2, 0.25) is 0 Å². The van der Waals surface area contributed by atoms with Crippen LogP contribution in [0.1, 0.15) is 32.2 Å². The molecule has 0 aliphatic heterocycles. The third-order valence-electron chi connectivity index (χ3n) is 2.30. The molecule has 0 spiro atoms. The molecule has 0 aliphatic carbocycles. The summed E-state index contributed by atoms with van der Waals surface area (Å²) >= 11 is 5.00. The molecule has 2 heterocycles. The molecule has 92 valence electrons. The first-order chi connectivity index (χ1) is 8.20. The van der Waals surface area contributed by atoms with Gasteiger partial charge in [-0.3, -0.25) is 0 Å². The van der Waals surface area contributed by atoms with Gasteiger partial charge in [-0.15, -0.1) is 11.3 Å². The summed E-state index contributed by atoms with van der Waals surface area (Å²) in [6.07, 6.45) is 1.09. The maximum absolute atomic E-state index is 5.25. The molecule has 2 aromatic heterocycles. The molecule has 0 amide bonds. The standard InChI is InChI=1S/C11H14BrN3OS/c1-3-4-13-7(2)11-14-10(15-16-11)9-5-8(12)6-17-9/h5-7,13H,3-4H2,1-2H3. The SMILES string of the molecule is CCCNC(C)c1nc(-c2cc(Br)cs2)no1. The zero-order valence-corrected chi connectivity index (χ0v) is 12.1. The molecule has 1 unspecified atom stereocenters. The van der Waals surface area contributed by atoms with Crippen molar-refractivity contribution in [1.82, 2.24) is 15.5 Å². The second kappa shape index (κ2) is 5.75. The fraction of sp³-hybridized carbons (Fsp3) is 0.455. The highest BCUT2D eigenvalue weighted by atomic mass is 79.9. The Hall–Kier alpha value is -0.720. The van der Waals surface area contributed by atoms with Crippen molar-refractivity contribution >= 4 is 27.3 Å². The van der Waals surface area contributed by atoms with Crippen molar-refractivity contribution in [3.05, 3.63) is 21.8 Å². The van der Waals surface area contributed by atoms with Crippen LogP contribution in [0.5, 0.6) is 0 Å². The van der Waals surface area contributed by atoms with Gasteiger partial charge in [0.05, 0.1) is 10.9 Å². The maximum Gasteiger partial charge on any atom is 0.243 e. The fourth-order valence-corrected chi connectivity index (χ4v) is 2.74. The van der Waals surface area contributed by atoms with E-state index in [0.717, 1.165) is 22.3 Å². The molecule has 0 aliphatic rings. The van der Waals surface area contributed by atoms with E-state index in [1.807, 2.05) is 18.4 Å². The topological polar surface area (TPSA) is 51.0 Å². The van der Waals surface area contributed by atoms with Crippen molar-refractivity contribution in [2.45, 2.75) is 26.3 Å². The van der Waals surface area contributed by atoms with Gasteiger partial charge in [-0.2, -0.15) is 4.98 Å². The highest BCUT2D eigenvalue weighted by molar-refractivity contribution is 9.10. The van der Waals surface area contributed by atoms with Gasteiger partial charge in [-0.05, 0) is 41.9 Å². The first kappa shape index (κ1) is 12.7. The van der Waals surface area contributed by atoms with E-state index in [4.69, 9.17) is 4.52 Å². The van der Waals surface area contributed by atoms with E-state index in [0.29, 0.717) is 11.7 Å². The van der Waals surface area contributed by atoms with Crippen LogP contribution in [0.3, 0.4) is 0 Å². The molecule has 0 saturated carbocycles.